The van der Waals surface area contributed by atoms with Gasteiger partial charge in [0.05, 0.1) is 29.5 Å². The third-order valence-electron chi connectivity index (χ3n) is 5.75. The first-order valence-corrected chi connectivity index (χ1v) is 11.4. The second kappa shape index (κ2) is 10.6. The number of carbonyl (C=O) groups is 1. The SMILES string of the molecule is [B]C([B])([B])Oc1cc(OCc2c(-c3ccc(O[C@H]4CCC[C@H](C(=O)O)C4)c(C)n3)nnn2C)ncn1. The number of aliphatic carboxylic acids is 1. The maximum absolute atomic E-state index is 11.3. The van der Waals surface area contributed by atoms with Crippen LogP contribution in [0.5, 0.6) is 17.5 Å². The Labute approximate surface area is 212 Å². The number of rotatable bonds is 9. The Kier molecular flexibility index (Phi) is 7.51. The molecule has 0 saturated heterocycles. The van der Waals surface area contributed by atoms with Crippen molar-refractivity contribution in [2.45, 2.75) is 50.6 Å². The summed E-state index contributed by atoms with van der Waals surface area (Å²) in [7, 11) is 18.1. The molecule has 1 N–H and O–H groups in total. The molecule has 2 atom stereocenters. The molecule has 0 bridgehead atoms. The van der Waals surface area contributed by atoms with Gasteiger partial charge in [0, 0.05) is 7.05 Å². The van der Waals surface area contributed by atoms with Crippen LogP contribution in [-0.2, 0) is 18.4 Å². The number of aryl methyl sites for hydroxylation is 2. The summed E-state index contributed by atoms with van der Waals surface area (Å²) in [6.45, 7) is 1.91. The van der Waals surface area contributed by atoms with Crippen LogP contribution in [0.2, 0.25) is 0 Å². The van der Waals surface area contributed by atoms with Gasteiger partial charge in [-0.25, -0.2) is 19.6 Å². The average molecular weight is 484 g/mol. The number of hydrogen-bond donors (Lipinski definition) is 1. The van der Waals surface area contributed by atoms with Gasteiger partial charge in [-0.05, 0) is 50.0 Å². The number of aromatic nitrogens is 6. The van der Waals surface area contributed by atoms with Gasteiger partial charge < -0.3 is 19.3 Å². The summed E-state index contributed by atoms with van der Waals surface area (Å²) in [6.07, 6.45) is 3.88. The minimum atomic E-state index is -1.89. The number of carboxylic acids is 1. The maximum atomic E-state index is 11.3. The highest BCUT2D eigenvalue weighted by molar-refractivity contribution is 6.58. The second-order valence-corrected chi connectivity index (χ2v) is 8.67. The van der Waals surface area contributed by atoms with E-state index in [4.69, 9.17) is 37.7 Å². The number of carboxylic acid groups (broad SMARTS) is 1. The highest BCUT2D eigenvalue weighted by Crippen LogP contribution is 2.30. The molecule has 3 aromatic heterocycles. The molecule has 0 unspecified atom stereocenters. The van der Waals surface area contributed by atoms with Crippen LogP contribution in [0.3, 0.4) is 0 Å². The summed E-state index contributed by atoms with van der Waals surface area (Å²) in [5.74, 6) is -0.282. The normalized spacial score (nSPS) is 17.9. The van der Waals surface area contributed by atoms with Crippen molar-refractivity contribution in [1.82, 2.24) is 29.9 Å². The summed E-state index contributed by atoms with van der Waals surface area (Å²) in [6, 6.07) is 5.00. The fourth-order valence-electron chi connectivity index (χ4n) is 3.98. The molecule has 6 radical (unpaired) electrons. The molecular formula is C22H23B3N6O5. The molecule has 3 aromatic rings. The van der Waals surface area contributed by atoms with Crippen LogP contribution >= 0.6 is 0 Å². The van der Waals surface area contributed by atoms with Gasteiger partial charge in [-0.2, -0.15) is 0 Å². The number of hydrogen-bond acceptors (Lipinski definition) is 9. The van der Waals surface area contributed by atoms with Gasteiger partial charge in [0.25, 0.3) is 0 Å². The predicted molar refractivity (Wildman–Crippen MR) is 130 cm³/mol. The van der Waals surface area contributed by atoms with Gasteiger partial charge in [-0.1, -0.05) is 5.21 Å². The lowest BCUT2D eigenvalue weighted by molar-refractivity contribution is -0.143. The first-order valence-electron chi connectivity index (χ1n) is 11.4. The molecule has 0 spiro atoms. The third-order valence-corrected chi connectivity index (χ3v) is 5.75. The Morgan fingerprint density at radius 3 is 2.72 bits per heavy atom. The number of nitrogens with zero attached hydrogens (tertiary/aromatic N) is 6. The quantitative estimate of drug-likeness (QED) is 0.440. The van der Waals surface area contributed by atoms with Crippen LogP contribution in [0.4, 0.5) is 0 Å². The molecule has 36 heavy (non-hydrogen) atoms. The Hall–Kier alpha value is -3.57. The lowest BCUT2D eigenvalue weighted by Crippen LogP contribution is -2.37. The van der Waals surface area contributed by atoms with E-state index in [0.717, 1.165) is 12.8 Å². The van der Waals surface area contributed by atoms with Gasteiger partial charge >= 0.3 is 5.97 Å². The minimum absolute atomic E-state index is 0.0522. The van der Waals surface area contributed by atoms with Gasteiger partial charge in [-0.15, -0.1) is 5.10 Å². The van der Waals surface area contributed by atoms with Crippen molar-refractivity contribution >= 4 is 29.5 Å². The van der Waals surface area contributed by atoms with E-state index in [1.165, 1.54) is 12.4 Å². The van der Waals surface area contributed by atoms with Gasteiger partial charge in [0.2, 0.25) is 11.8 Å². The molecule has 180 valence electrons. The molecule has 4 rings (SSSR count). The van der Waals surface area contributed by atoms with Crippen molar-refractivity contribution in [3.8, 4) is 28.9 Å². The Balaban J connectivity index is 1.46. The number of pyridine rings is 1. The fraction of sp³-hybridized carbons (Fsp3) is 0.455. The van der Waals surface area contributed by atoms with E-state index in [9.17, 15) is 9.90 Å². The zero-order chi connectivity index (χ0) is 25.9. The first-order chi connectivity index (χ1) is 17.1. The molecule has 1 saturated carbocycles. The summed E-state index contributed by atoms with van der Waals surface area (Å²) >= 11 is 0. The lowest BCUT2D eigenvalue weighted by atomic mass is 9.52. The topological polar surface area (TPSA) is 134 Å². The van der Waals surface area contributed by atoms with Gasteiger partial charge in [0.15, 0.2) is 0 Å². The number of ether oxygens (including phenoxy) is 3. The van der Waals surface area contributed by atoms with E-state index in [-0.39, 0.29) is 30.4 Å². The third kappa shape index (κ3) is 6.35. The van der Waals surface area contributed by atoms with Crippen molar-refractivity contribution in [2.24, 2.45) is 13.0 Å². The van der Waals surface area contributed by atoms with Crippen LogP contribution in [0.25, 0.3) is 11.4 Å². The van der Waals surface area contributed by atoms with Gasteiger partial charge in [-0.3, -0.25) is 4.79 Å². The molecule has 1 fully saturated rings. The molecule has 1 aliphatic carbocycles. The van der Waals surface area contributed by atoms with Crippen molar-refractivity contribution in [1.29, 1.82) is 0 Å². The molecule has 3 heterocycles. The standard InChI is InChI=1S/C22H23B3N6O5/c1-12-17(35-14-5-3-4-13(8-14)21(32)33)7-6-15(28-12)20-16(31(2)30-29-20)10-34-18-9-19(27-11-26-18)36-22(23,24)25/h6-7,9,11,13-14H,3-5,8,10H2,1-2H3,(H,32,33)/t13-,14-/m0/s1. The Bertz CT molecular complexity index is 1240. The van der Waals surface area contributed by atoms with Crippen molar-refractivity contribution in [2.75, 3.05) is 0 Å². The summed E-state index contributed by atoms with van der Waals surface area (Å²) in [4.78, 5) is 23.9. The Morgan fingerprint density at radius 2 is 2.00 bits per heavy atom. The molecule has 0 aromatic carbocycles. The average Bonchev–Trinajstić information content (AvgIpc) is 3.18. The highest BCUT2D eigenvalue weighted by Gasteiger charge is 2.28. The van der Waals surface area contributed by atoms with Crippen molar-refractivity contribution < 1.29 is 24.1 Å². The van der Waals surface area contributed by atoms with E-state index < -0.39 is 11.3 Å². The summed E-state index contributed by atoms with van der Waals surface area (Å²) in [5, 5.41) is 15.8. The van der Waals surface area contributed by atoms with Gasteiger partial charge in [0.1, 0.15) is 53.6 Å². The smallest absolute Gasteiger partial charge is 0.306 e. The van der Waals surface area contributed by atoms with E-state index in [0.29, 0.717) is 41.4 Å². The molecule has 1 aliphatic rings. The molecule has 11 nitrogen and oxygen atoms in total. The van der Waals surface area contributed by atoms with Crippen LogP contribution in [0.15, 0.2) is 24.5 Å². The molecule has 0 aliphatic heterocycles. The predicted octanol–water partition coefficient (Wildman–Crippen LogP) is 1.07. The fourth-order valence-corrected chi connectivity index (χ4v) is 3.98. The molecular weight excluding hydrogens is 461 g/mol. The van der Waals surface area contributed by atoms with E-state index in [1.807, 2.05) is 13.0 Å². The van der Waals surface area contributed by atoms with Crippen LogP contribution in [0, 0.1) is 12.8 Å². The van der Waals surface area contributed by atoms with E-state index in [1.54, 1.807) is 17.8 Å². The van der Waals surface area contributed by atoms with Crippen molar-refractivity contribution in [3.05, 3.63) is 35.9 Å². The summed E-state index contributed by atoms with van der Waals surface area (Å²) < 4.78 is 18.6. The summed E-state index contributed by atoms with van der Waals surface area (Å²) in [5.41, 5.74) is 2.43. The molecule has 0 amide bonds. The van der Waals surface area contributed by atoms with E-state index in [2.05, 4.69) is 25.3 Å². The van der Waals surface area contributed by atoms with Crippen LogP contribution in [-0.4, -0.2) is 76.0 Å². The van der Waals surface area contributed by atoms with Crippen LogP contribution in [0.1, 0.15) is 37.1 Å². The van der Waals surface area contributed by atoms with E-state index >= 15 is 0 Å². The zero-order valence-electron chi connectivity index (χ0n) is 20.0. The van der Waals surface area contributed by atoms with Crippen molar-refractivity contribution in [3.63, 3.8) is 0 Å². The largest absolute Gasteiger partial charge is 0.501 e. The van der Waals surface area contributed by atoms with Crippen LogP contribution < -0.4 is 14.2 Å². The maximum Gasteiger partial charge on any atom is 0.306 e. The monoisotopic (exact) mass is 484 g/mol. The second-order valence-electron chi connectivity index (χ2n) is 8.67. The Morgan fingerprint density at radius 1 is 1.22 bits per heavy atom. The first kappa shape index (κ1) is 25.5. The molecule has 14 heteroatoms. The minimum Gasteiger partial charge on any atom is -0.501 e. The highest BCUT2D eigenvalue weighted by atomic mass is 16.5. The zero-order valence-corrected chi connectivity index (χ0v) is 20.0. The lowest BCUT2D eigenvalue weighted by Gasteiger charge is -2.27.